The Labute approximate surface area is 370 Å². The Morgan fingerprint density at radius 3 is 2.34 bits per heavy atom. The summed E-state index contributed by atoms with van der Waals surface area (Å²) in [5.74, 6) is -3.96. The molecule has 0 saturated heterocycles. The molecule has 1 aliphatic heterocycles. The van der Waals surface area contributed by atoms with Crippen LogP contribution in [-0.4, -0.2) is 59.5 Å². The number of carboxylic acids is 2. The number of nitrogen functional groups attached to an aromatic ring is 1. The van der Waals surface area contributed by atoms with Gasteiger partial charge in [0.1, 0.15) is 23.7 Å². The maximum Gasteiger partial charge on any atom is 0.430 e. The summed E-state index contributed by atoms with van der Waals surface area (Å²) in [5.41, 5.74) is 19.5. The number of hydrogen-bond acceptors (Lipinski definition) is 8. The predicted octanol–water partition coefficient (Wildman–Crippen LogP) is 5.41. The number of ether oxygens (including phenoxy) is 1. The van der Waals surface area contributed by atoms with Gasteiger partial charge in [0, 0.05) is 59.8 Å². The molecule has 4 N–H and O–H groups in total. The van der Waals surface area contributed by atoms with Crippen molar-refractivity contribution in [2.75, 3.05) is 25.9 Å². The fourth-order valence-corrected chi connectivity index (χ4v) is 9.38. The number of carbonyl (C=O) groups excluding carboxylic acids is 2. The molecule has 0 saturated carbocycles. The van der Waals surface area contributed by atoms with Gasteiger partial charge in [-0.2, -0.15) is 26.3 Å². The zero-order valence-corrected chi connectivity index (χ0v) is 36.0. The topological polar surface area (TPSA) is 165 Å². The second-order valence-corrected chi connectivity index (χ2v) is 16.9. The fraction of sp³-hybridized carbons (Fsp3) is 0.413. The number of carboxylic acid groups (broad SMARTS) is 2. The van der Waals surface area contributed by atoms with Crippen LogP contribution in [0.4, 0.5) is 32.0 Å². The molecule has 342 valence electrons. The lowest BCUT2D eigenvalue weighted by Gasteiger charge is -2.35. The van der Waals surface area contributed by atoms with Crippen LogP contribution in [0.25, 0.3) is 10.9 Å². The number of rotatable bonds is 11. The summed E-state index contributed by atoms with van der Waals surface area (Å²) in [6.07, 6.45) is 4.21. The summed E-state index contributed by atoms with van der Waals surface area (Å²) in [5, 5.41) is 28.5. The highest BCUT2D eigenvalue weighted by Gasteiger charge is 2.37. The molecule has 2 aromatic heterocycles. The summed E-state index contributed by atoms with van der Waals surface area (Å²) in [6, 6.07) is 21.9. The quantitative estimate of drug-likeness (QED) is 0.101. The van der Waals surface area contributed by atoms with Gasteiger partial charge in [0.25, 0.3) is 0 Å². The maximum atomic E-state index is 10.5. The number of hydrogen-bond donors (Lipinski definition) is 2. The SMILES string of the molecule is COc1cc2c(cc1C)CC[NH+](CCCc1cn(CCCCC3=CC4Cc5[nH+]c6cc(Cl)ccc6c(N)c5C(C3)C4)nn1)C2c1ccccc1.O=C([O-])C(F)(F)F.O=C([O-])C(F)(F)F. The number of quaternary nitrogens is 1. The zero-order chi connectivity index (χ0) is 46.3. The number of nitrogens with one attached hydrogen (secondary N) is 2. The molecule has 64 heavy (non-hydrogen) atoms. The van der Waals surface area contributed by atoms with E-state index >= 15 is 0 Å². The van der Waals surface area contributed by atoms with Gasteiger partial charge in [-0.25, -0.2) is 4.98 Å². The molecule has 3 heterocycles. The third-order valence-corrected chi connectivity index (χ3v) is 12.2. The van der Waals surface area contributed by atoms with Gasteiger partial charge in [-0.1, -0.05) is 64.9 Å². The molecule has 0 fully saturated rings. The number of aromatic nitrogens is 4. The van der Waals surface area contributed by atoms with E-state index in [2.05, 4.69) is 87.7 Å². The average molecular weight is 915 g/mol. The molecule has 2 bridgehead atoms. The average Bonchev–Trinajstić information content (AvgIpc) is 3.69. The second kappa shape index (κ2) is 20.4. The van der Waals surface area contributed by atoms with Crippen molar-refractivity contribution in [2.24, 2.45) is 5.92 Å². The number of nitrogens with zero attached hydrogens (tertiary/aromatic N) is 3. The molecule has 8 rings (SSSR count). The summed E-state index contributed by atoms with van der Waals surface area (Å²) < 4.78 is 70.9. The van der Waals surface area contributed by atoms with Crippen LogP contribution in [-0.2, 0) is 35.4 Å². The third kappa shape index (κ3) is 11.9. The number of unbranched alkanes of at least 4 members (excludes halogenated alkanes) is 1. The number of aryl methyl sites for hydroxylation is 3. The second-order valence-electron chi connectivity index (χ2n) is 16.4. The Balaban J connectivity index is 0.000000422. The first kappa shape index (κ1) is 47.8. The van der Waals surface area contributed by atoms with Crippen molar-refractivity contribution in [1.29, 1.82) is 0 Å². The number of halogens is 7. The maximum absolute atomic E-state index is 10.5. The van der Waals surface area contributed by atoms with Gasteiger partial charge in [0.05, 0.1) is 37.0 Å². The van der Waals surface area contributed by atoms with Crippen LogP contribution in [0.3, 0.4) is 0 Å². The Morgan fingerprint density at radius 2 is 1.67 bits per heavy atom. The van der Waals surface area contributed by atoms with E-state index < -0.39 is 24.3 Å². The molecule has 4 atom stereocenters. The molecular weight excluding hydrogens is 866 g/mol. The van der Waals surface area contributed by atoms with Gasteiger partial charge in [-0.15, -0.1) is 5.10 Å². The number of methoxy groups -OCH3 is 1. The van der Waals surface area contributed by atoms with Gasteiger partial charge in [-0.05, 0) is 86.6 Å². The normalized spacial score (nSPS) is 18.9. The smallest absolute Gasteiger partial charge is 0.430 e. The van der Waals surface area contributed by atoms with Crippen LogP contribution in [0.1, 0.15) is 89.7 Å². The van der Waals surface area contributed by atoms with Crippen LogP contribution in [0.2, 0.25) is 5.02 Å². The highest BCUT2D eigenvalue weighted by atomic mass is 35.5. The lowest BCUT2D eigenvalue weighted by atomic mass is 9.70. The minimum atomic E-state index is -5.19. The number of benzene rings is 3. The van der Waals surface area contributed by atoms with Gasteiger partial charge < -0.3 is 35.2 Å². The van der Waals surface area contributed by atoms with E-state index in [1.54, 1.807) is 17.6 Å². The third-order valence-electron chi connectivity index (χ3n) is 12.0. The van der Waals surface area contributed by atoms with Crippen molar-refractivity contribution >= 4 is 40.1 Å². The highest BCUT2D eigenvalue weighted by molar-refractivity contribution is 6.31. The van der Waals surface area contributed by atoms with Crippen LogP contribution >= 0.6 is 11.6 Å². The van der Waals surface area contributed by atoms with Gasteiger partial charge in [0.15, 0.2) is 5.69 Å². The Kier molecular flexibility index (Phi) is 15.3. The monoisotopic (exact) mass is 914 g/mol. The number of alkyl halides is 6. The number of H-pyrrole nitrogens is 1. The van der Waals surface area contributed by atoms with Crippen molar-refractivity contribution in [3.63, 3.8) is 0 Å². The first-order valence-corrected chi connectivity index (χ1v) is 21.3. The standard InChI is InChI=1S/C42H47ClN6O.2C2HF3O2/c1-27-19-31-15-18-48(42(30-10-4-3-5-11-30)36(31)25-39(27)50-2)16-8-12-34-26-49(47-46-34)17-7-6-9-28-20-29-22-32(21-28)40-38(23-29)45-37-24-33(43)13-14-35(37)41(40)44;2*3-2(4,5)1(6)7/h3-5,10-11,13-14,19-20,24-26,29,32,42H,6-9,12,15-18,21-23H2,1-2H3,(H2,44,45);2*(H,6,7). The largest absolute Gasteiger partial charge is 0.542 e. The molecule has 18 heteroatoms. The molecule has 3 aromatic carbocycles. The number of nitrogens with two attached hydrogens (primary N) is 1. The number of aliphatic carboxylic acids is 2. The molecule has 2 aliphatic carbocycles. The number of anilines is 1. The van der Waals surface area contributed by atoms with Gasteiger partial charge in [0.2, 0.25) is 5.52 Å². The lowest BCUT2D eigenvalue weighted by molar-refractivity contribution is -0.928. The predicted molar refractivity (Wildman–Crippen MR) is 222 cm³/mol. The Morgan fingerprint density at radius 1 is 0.969 bits per heavy atom. The minimum Gasteiger partial charge on any atom is -0.542 e. The molecule has 5 aromatic rings. The van der Waals surface area contributed by atoms with Crippen LogP contribution < -0.4 is 30.6 Å². The first-order chi connectivity index (χ1) is 30.3. The summed E-state index contributed by atoms with van der Waals surface area (Å²) in [4.78, 5) is 22.9. The summed E-state index contributed by atoms with van der Waals surface area (Å²) in [6.45, 7) is 5.29. The first-order valence-electron chi connectivity index (χ1n) is 21.0. The fourth-order valence-electron chi connectivity index (χ4n) is 9.21. The minimum absolute atomic E-state index is 0.314. The van der Waals surface area contributed by atoms with Gasteiger partial charge >= 0.3 is 12.4 Å². The summed E-state index contributed by atoms with van der Waals surface area (Å²) in [7, 11) is 1.78. The zero-order valence-electron chi connectivity index (χ0n) is 35.3. The molecule has 4 unspecified atom stereocenters. The van der Waals surface area contributed by atoms with Crippen molar-refractivity contribution in [3.05, 3.63) is 123 Å². The summed E-state index contributed by atoms with van der Waals surface area (Å²) >= 11 is 6.28. The van der Waals surface area contributed by atoms with E-state index in [1.165, 1.54) is 39.9 Å². The molecule has 0 spiro atoms. The van der Waals surface area contributed by atoms with E-state index in [0.29, 0.717) is 17.9 Å². The number of fused-ring (bicyclic) bond motifs is 6. The number of pyridine rings is 1. The number of allylic oxidation sites excluding steroid dienone is 2. The van der Waals surface area contributed by atoms with E-state index in [4.69, 9.17) is 41.9 Å². The highest BCUT2D eigenvalue weighted by Crippen LogP contribution is 2.46. The lowest BCUT2D eigenvalue weighted by Crippen LogP contribution is -3.13. The molecular formula is C46H49ClF6N6O5. The van der Waals surface area contributed by atoms with Crippen LogP contribution in [0, 0.1) is 12.8 Å². The van der Waals surface area contributed by atoms with E-state index in [9.17, 15) is 26.3 Å². The van der Waals surface area contributed by atoms with Crippen molar-refractivity contribution < 1.29 is 60.8 Å². The molecule has 3 aliphatic rings. The van der Waals surface area contributed by atoms with E-state index in [0.717, 1.165) is 104 Å². The molecule has 0 amide bonds. The number of aromatic amines is 1. The van der Waals surface area contributed by atoms with E-state index in [1.807, 2.05) is 12.1 Å². The van der Waals surface area contributed by atoms with Crippen molar-refractivity contribution in [3.8, 4) is 5.75 Å². The van der Waals surface area contributed by atoms with Crippen molar-refractivity contribution in [2.45, 2.75) is 95.6 Å². The number of carbonyl (C=O) groups is 2. The Bertz CT molecular complexity index is 2450. The van der Waals surface area contributed by atoms with Gasteiger partial charge in [-0.3, -0.25) is 4.68 Å². The Hall–Kier alpha value is -5.68. The molecule has 0 radical (unpaired) electrons. The van der Waals surface area contributed by atoms with Crippen molar-refractivity contribution in [1.82, 2.24) is 15.0 Å². The van der Waals surface area contributed by atoms with E-state index in [-0.39, 0.29) is 0 Å². The van der Waals surface area contributed by atoms with Crippen LogP contribution in [0.15, 0.2) is 78.5 Å². The van der Waals surface area contributed by atoms with Crippen LogP contribution in [0.5, 0.6) is 5.75 Å². The molecule has 11 nitrogen and oxygen atoms in total.